The van der Waals surface area contributed by atoms with Crippen LogP contribution in [0.3, 0.4) is 0 Å². The molecule has 1 saturated heterocycles. The number of piperidine rings is 1. The molecule has 0 aliphatic carbocycles. The van der Waals surface area contributed by atoms with E-state index in [2.05, 4.69) is 0 Å². The van der Waals surface area contributed by atoms with Crippen LogP contribution in [0.1, 0.15) is 26.7 Å². The van der Waals surface area contributed by atoms with Gasteiger partial charge in [-0.25, -0.2) is 4.79 Å². The second-order valence-electron chi connectivity index (χ2n) is 4.78. The zero-order valence-electron chi connectivity index (χ0n) is 10.8. The lowest BCUT2D eigenvalue weighted by Gasteiger charge is -2.30. The van der Waals surface area contributed by atoms with Gasteiger partial charge in [0, 0.05) is 13.1 Å². The molecule has 0 radical (unpaired) electrons. The first kappa shape index (κ1) is 13.8. The van der Waals surface area contributed by atoms with Crippen molar-refractivity contribution in [2.75, 3.05) is 26.8 Å². The molecule has 0 bridgehead atoms. The molecule has 1 aliphatic heterocycles. The molecular weight excluding hydrogens is 222 g/mol. The number of amides is 1. The summed E-state index contributed by atoms with van der Waals surface area (Å²) >= 11 is 0. The first-order valence-electron chi connectivity index (χ1n) is 6.04. The Labute approximate surface area is 102 Å². The second-order valence-corrected chi connectivity index (χ2v) is 4.78. The molecule has 0 N–H and O–H groups in total. The number of rotatable bonds is 3. The monoisotopic (exact) mass is 243 g/mol. The lowest BCUT2D eigenvalue weighted by molar-refractivity contribution is -0.147. The molecule has 5 nitrogen and oxygen atoms in total. The molecule has 1 unspecified atom stereocenters. The molecule has 1 amide bonds. The first-order chi connectivity index (χ1) is 8.04. The summed E-state index contributed by atoms with van der Waals surface area (Å²) in [6, 6.07) is 0. The van der Waals surface area contributed by atoms with Crippen LogP contribution in [0.2, 0.25) is 0 Å². The Hall–Kier alpha value is -1.26. The zero-order valence-corrected chi connectivity index (χ0v) is 10.8. The van der Waals surface area contributed by atoms with E-state index in [1.165, 1.54) is 7.11 Å². The molecule has 5 heteroatoms. The number of likely N-dealkylation sites (tertiary alicyclic amines) is 1. The van der Waals surface area contributed by atoms with Gasteiger partial charge < -0.3 is 14.4 Å². The van der Waals surface area contributed by atoms with E-state index in [0.29, 0.717) is 25.6 Å². The van der Waals surface area contributed by atoms with Crippen molar-refractivity contribution in [1.29, 1.82) is 0 Å². The van der Waals surface area contributed by atoms with Gasteiger partial charge >= 0.3 is 12.1 Å². The summed E-state index contributed by atoms with van der Waals surface area (Å²) in [5.74, 6) is -0.133. The number of methoxy groups -OCH3 is 1. The van der Waals surface area contributed by atoms with Crippen molar-refractivity contribution < 1.29 is 19.1 Å². The van der Waals surface area contributed by atoms with Gasteiger partial charge in [0.25, 0.3) is 0 Å². The number of hydrogen-bond donors (Lipinski definition) is 0. The molecular formula is C12H21NO4. The number of hydrogen-bond acceptors (Lipinski definition) is 4. The van der Waals surface area contributed by atoms with Crippen LogP contribution in [0.5, 0.6) is 0 Å². The number of carbonyl (C=O) groups is 2. The van der Waals surface area contributed by atoms with Crippen LogP contribution in [0.15, 0.2) is 0 Å². The Morgan fingerprint density at radius 3 is 2.71 bits per heavy atom. The van der Waals surface area contributed by atoms with E-state index in [1.54, 1.807) is 4.90 Å². The maximum absolute atomic E-state index is 11.7. The van der Waals surface area contributed by atoms with E-state index >= 15 is 0 Å². The highest BCUT2D eigenvalue weighted by molar-refractivity contribution is 5.74. The number of esters is 1. The smallest absolute Gasteiger partial charge is 0.409 e. The van der Waals surface area contributed by atoms with Gasteiger partial charge in [0.1, 0.15) is 0 Å². The fraction of sp³-hybridized carbons (Fsp3) is 0.833. The molecule has 1 aliphatic rings. The highest BCUT2D eigenvalue weighted by Gasteiger charge is 2.29. The summed E-state index contributed by atoms with van der Waals surface area (Å²) in [5, 5.41) is 0. The third kappa shape index (κ3) is 4.24. The minimum absolute atomic E-state index is 0.208. The number of carbonyl (C=O) groups excluding carboxylic acids is 2. The van der Waals surface area contributed by atoms with Crippen molar-refractivity contribution in [2.24, 2.45) is 11.8 Å². The van der Waals surface area contributed by atoms with Gasteiger partial charge in [0.2, 0.25) is 0 Å². The normalized spacial score (nSPS) is 20.2. The first-order valence-corrected chi connectivity index (χ1v) is 6.04. The van der Waals surface area contributed by atoms with Crippen molar-refractivity contribution in [3.63, 3.8) is 0 Å². The summed E-state index contributed by atoms with van der Waals surface area (Å²) in [4.78, 5) is 24.7. The average Bonchev–Trinajstić information content (AvgIpc) is 2.35. The van der Waals surface area contributed by atoms with Crippen LogP contribution in [-0.2, 0) is 14.3 Å². The molecule has 1 fully saturated rings. The molecule has 1 atom stereocenters. The van der Waals surface area contributed by atoms with Crippen LogP contribution >= 0.6 is 0 Å². The van der Waals surface area contributed by atoms with E-state index in [4.69, 9.17) is 9.47 Å². The Bertz CT molecular complexity index is 278. The highest BCUT2D eigenvalue weighted by atomic mass is 16.6. The lowest BCUT2D eigenvalue weighted by atomic mass is 9.99. The summed E-state index contributed by atoms with van der Waals surface area (Å²) in [7, 11) is 1.37. The van der Waals surface area contributed by atoms with E-state index in [-0.39, 0.29) is 18.0 Å². The zero-order chi connectivity index (χ0) is 12.8. The fourth-order valence-electron chi connectivity index (χ4n) is 1.83. The van der Waals surface area contributed by atoms with Crippen LogP contribution in [0, 0.1) is 11.8 Å². The Morgan fingerprint density at radius 1 is 1.41 bits per heavy atom. The molecule has 0 aromatic rings. The van der Waals surface area contributed by atoms with Gasteiger partial charge in [-0.2, -0.15) is 0 Å². The van der Waals surface area contributed by atoms with Crippen LogP contribution in [0.25, 0.3) is 0 Å². The van der Waals surface area contributed by atoms with Crippen LogP contribution in [-0.4, -0.2) is 43.8 Å². The molecule has 1 rings (SSSR count). The Balaban J connectivity index is 2.43. The molecule has 17 heavy (non-hydrogen) atoms. The number of ether oxygens (including phenoxy) is 2. The quantitative estimate of drug-likeness (QED) is 0.707. The molecule has 0 spiro atoms. The molecule has 1 heterocycles. The van der Waals surface area contributed by atoms with Crippen molar-refractivity contribution in [3.8, 4) is 0 Å². The van der Waals surface area contributed by atoms with Crippen molar-refractivity contribution in [1.82, 2.24) is 4.90 Å². The molecule has 0 aromatic carbocycles. The minimum atomic E-state index is -0.327. The highest BCUT2D eigenvalue weighted by Crippen LogP contribution is 2.18. The fourth-order valence-corrected chi connectivity index (χ4v) is 1.83. The third-order valence-electron chi connectivity index (χ3n) is 2.75. The predicted octanol–water partition coefficient (Wildman–Crippen LogP) is 1.66. The maximum atomic E-state index is 11.7. The average molecular weight is 243 g/mol. The Kier molecular flexibility index (Phi) is 5.25. The number of nitrogens with zero attached hydrogens (tertiary/aromatic N) is 1. The molecule has 98 valence electrons. The van der Waals surface area contributed by atoms with Gasteiger partial charge in [-0.1, -0.05) is 13.8 Å². The van der Waals surface area contributed by atoms with Crippen molar-refractivity contribution >= 4 is 12.1 Å². The molecule has 0 aromatic heterocycles. The topological polar surface area (TPSA) is 55.8 Å². The standard InChI is InChI=1S/C12H21NO4/c1-9(2)8-17-12(15)13-6-4-5-10(7-13)11(14)16-3/h9-10H,4-8H2,1-3H3. The van der Waals surface area contributed by atoms with Gasteiger partial charge in [-0.3, -0.25) is 4.79 Å². The summed E-state index contributed by atoms with van der Waals surface area (Å²) in [6.07, 6.45) is 1.27. The molecule has 0 saturated carbocycles. The summed E-state index contributed by atoms with van der Waals surface area (Å²) < 4.78 is 9.84. The van der Waals surface area contributed by atoms with Crippen molar-refractivity contribution in [3.05, 3.63) is 0 Å². The maximum Gasteiger partial charge on any atom is 0.409 e. The lowest BCUT2D eigenvalue weighted by Crippen LogP contribution is -2.43. The largest absolute Gasteiger partial charge is 0.469 e. The van der Waals surface area contributed by atoms with Crippen LogP contribution in [0.4, 0.5) is 4.79 Å². The predicted molar refractivity (Wildman–Crippen MR) is 62.5 cm³/mol. The van der Waals surface area contributed by atoms with Crippen LogP contribution < -0.4 is 0 Å². The Morgan fingerprint density at radius 2 is 2.12 bits per heavy atom. The van der Waals surface area contributed by atoms with E-state index in [0.717, 1.165) is 12.8 Å². The SMILES string of the molecule is COC(=O)C1CCCN(C(=O)OCC(C)C)C1. The van der Waals surface area contributed by atoms with Gasteiger partial charge in [0.05, 0.1) is 19.6 Å². The van der Waals surface area contributed by atoms with E-state index in [9.17, 15) is 9.59 Å². The third-order valence-corrected chi connectivity index (χ3v) is 2.75. The van der Waals surface area contributed by atoms with E-state index in [1.807, 2.05) is 13.8 Å². The van der Waals surface area contributed by atoms with Gasteiger partial charge in [-0.05, 0) is 18.8 Å². The van der Waals surface area contributed by atoms with Crippen molar-refractivity contribution in [2.45, 2.75) is 26.7 Å². The van der Waals surface area contributed by atoms with Gasteiger partial charge in [0.15, 0.2) is 0 Å². The minimum Gasteiger partial charge on any atom is -0.469 e. The van der Waals surface area contributed by atoms with Gasteiger partial charge in [-0.15, -0.1) is 0 Å². The second kappa shape index (κ2) is 6.47. The van der Waals surface area contributed by atoms with E-state index < -0.39 is 0 Å². The summed E-state index contributed by atoms with van der Waals surface area (Å²) in [5.41, 5.74) is 0. The summed E-state index contributed by atoms with van der Waals surface area (Å²) in [6.45, 7) is 5.45.